The number of nitrogens with one attached hydrogen (secondary N) is 1. The third-order valence-corrected chi connectivity index (χ3v) is 5.42. The lowest BCUT2D eigenvalue weighted by molar-refractivity contribution is 0.499. The van der Waals surface area contributed by atoms with Gasteiger partial charge in [-0.25, -0.2) is 13.1 Å². The lowest BCUT2D eigenvalue weighted by atomic mass is 10.0. The summed E-state index contributed by atoms with van der Waals surface area (Å²) < 4.78 is 26.8. The molecule has 1 unspecified atom stereocenters. The molecule has 4 nitrogen and oxygen atoms in total. The van der Waals surface area contributed by atoms with Crippen LogP contribution in [0.25, 0.3) is 0 Å². The second kappa shape index (κ2) is 5.61. The quantitative estimate of drug-likeness (QED) is 0.795. The third kappa shape index (κ3) is 4.03. The zero-order valence-electron chi connectivity index (χ0n) is 11.3. The lowest BCUT2D eigenvalue weighted by Gasteiger charge is -2.16. The molecular weight excluding hydrogens is 260 g/mol. The van der Waals surface area contributed by atoms with E-state index in [1.54, 1.807) is 0 Å². The van der Waals surface area contributed by atoms with Crippen molar-refractivity contribution in [3.8, 4) is 0 Å². The van der Waals surface area contributed by atoms with Crippen LogP contribution in [-0.2, 0) is 10.0 Å². The highest BCUT2D eigenvalue weighted by Gasteiger charge is 2.41. The molecule has 5 heteroatoms. The molecule has 0 radical (unpaired) electrons. The molecule has 2 rings (SSSR count). The van der Waals surface area contributed by atoms with E-state index in [2.05, 4.69) is 4.72 Å². The first-order valence-electron chi connectivity index (χ1n) is 6.69. The Balaban J connectivity index is 1.90. The number of hydrogen-bond acceptors (Lipinski definition) is 3. The van der Waals surface area contributed by atoms with E-state index in [1.807, 2.05) is 37.3 Å². The number of sulfonamides is 1. The van der Waals surface area contributed by atoms with Crippen molar-refractivity contribution in [3.05, 3.63) is 35.9 Å². The Kier molecular flexibility index (Phi) is 4.28. The Morgan fingerprint density at radius 3 is 2.47 bits per heavy atom. The lowest BCUT2D eigenvalue weighted by Crippen LogP contribution is -2.36. The van der Waals surface area contributed by atoms with Gasteiger partial charge in [0.25, 0.3) is 0 Å². The Labute approximate surface area is 115 Å². The van der Waals surface area contributed by atoms with E-state index in [-0.39, 0.29) is 17.1 Å². The maximum atomic E-state index is 12.1. The Morgan fingerprint density at radius 2 is 1.95 bits per heavy atom. The second-order valence-corrected chi connectivity index (χ2v) is 7.47. The van der Waals surface area contributed by atoms with Crippen LogP contribution in [0.2, 0.25) is 0 Å². The fourth-order valence-electron chi connectivity index (χ4n) is 2.16. The van der Waals surface area contributed by atoms with Crippen LogP contribution < -0.4 is 10.5 Å². The molecule has 0 bridgehead atoms. The van der Waals surface area contributed by atoms with Crippen LogP contribution in [0.4, 0.5) is 0 Å². The van der Waals surface area contributed by atoms with Gasteiger partial charge in [0.15, 0.2) is 0 Å². The van der Waals surface area contributed by atoms with E-state index in [0.29, 0.717) is 13.1 Å². The number of hydrogen-bond donors (Lipinski definition) is 2. The van der Waals surface area contributed by atoms with Gasteiger partial charge in [-0.15, -0.1) is 0 Å². The molecule has 0 saturated heterocycles. The molecule has 106 valence electrons. The third-order valence-electron chi connectivity index (χ3n) is 3.90. The maximum absolute atomic E-state index is 12.1. The highest BCUT2D eigenvalue weighted by Crippen LogP contribution is 2.43. The van der Waals surface area contributed by atoms with Gasteiger partial charge in [-0.3, -0.25) is 0 Å². The minimum Gasteiger partial charge on any atom is -0.330 e. The summed E-state index contributed by atoms with van der Waals surface area (Å²) in [5.41, 5.74) is 6.74. The number of nitrogens with two attached hydrogens (primary N) is 1. The van der Waals surface area contributed by atoms with Crippen LogP contribution in [0.5, 0.6) is 0 Å². The summed E-state index contributed by atoms with van der Waals surface area (Å²) in [4.78, 5) is 0. The second-order valence-electron chi connectivity index (χ2n) is 5.62. The van der Waals surface area contributed by atoms with Crippen LogP contribution in [-0.4, -0.2) is 27.3 Å². The fraction of sp³-hybridized carbons (Fsp3) is 0.571. The maximum Gasteiger partial charge on any atom is 0.212 e. The van der Waals surface area contributed by atoms with Crippen LogP contribution >= 0.6 is 0 Å². The molecule has 0 aliphatic heterocycles. The van der Waals surface area contributed by atoms with Gasteiger partial charge in [0.1, 0.15) is 0 Å². The molecule has 1 saturated carbocycles. The van der Waals surface area contributed by atoms with Crippen LogP contribution in [0.3, 0.4) is 0 Å². The van der Waals surface area contributed by atoms with E-state index in [0.717, 1.165) is 18.4 Å². The first-order valence-corrected chi connectivity index (χ1v) is 8.34. The summed E-state index contributed by atoms with van der Waals surface area (Å²) in [5, 5.41) is 0. The predicted octanol–water partition coefficient (Wildman–Crippen LogP) is 1.45. The molecule has 1 aliphatic carbocycles. The minimum atomic E-state index is -3.24. The van der Waals surface area contributed by atoms with Gasteiger partial charge in [0.05, 0.1) is 5.75 Å². The first kappa shape index (κ1) is 14.5. The smallest absolute Gasteiger partial charge is 0.212 e. The Bertz CT molecular complexity index is 510. The SMILES string of the molecule is CC(CS(=O)(=O)NCC1(CN)CC1)c1ccccc1. The molecule has 0 aromatic heterocycles. The summed E-state index contributed by atoms with van der Waals surface area (Å²) in [6, 6.07) is 9.71. The topological polar surface area (TPSA) is 72.2 Å². The molecule has 3 N–H and O–H groups in total. The van der Waals surface area contributed by atoms with Crippen molar-refractivity contribution in [2.24, 2.45) is 11.1 Å². The van der Waals surface area contributed by atoms with Gasteiger partial charge >= 0.3 is 0 Å². The average molecular weight is 282 g/mol. The van der Waals surface area contributed by atoms with Crippen molar-refractivity contribution in [2.45, 2.75) is 25.7 Å². The van der Waals surface area contributed by atoms with Gasteiger partial charge in [0, 0.05) is 6.54 Å². The Morgan fingerprint density at radius 1 is 1.32 bits per heavy atom. The van der Waals surface area contributed by atoms with Gasteiger partial charge in [-0.1, -0.05) is 37.3 Å². The highest BCUT2D eigenvalue weighted by atomic mass is 32.2. The molecule has 1 aromatic rings. The predicted molar refractivity (Wildman–Crippen MR) is 77.4 cm³/mol. The van der Waals surface area contributed by atoms with E-state index in [4.69, 9.17) is 5.73 Å². The summed E-state index contributed by atoms with van der Waals surface area (Å²) in [7, 11) is -3.24. The molecule has 0 amide bonds. The molecular formula is C14H22N2O2S. The largest absolute Gasteiger partial charge is 0.330 e. The first-order chi connectivity index (χ1) is 8.96. The van der Waals surface area contributed by atoms with Gasteiger partial charge in [-0.05, 0) is 36.3 Å². The van der Waals surface area contributed by atoms with Crippen molar-refractivity contribution in [1.82, 2.24) is 4.72 Å². The van der Waals surface area contributed by atoms with Crippen molar-refractivity contribution in [2.75, 3.05) is 18.8 Å². The molecule has 1 aliphatic rings. The molecule has 1 aromatic carbocycles. The summed E-state index contributed by atoms with van der Waals surface area (Å²) in [6.45, 7) is 2.97. The average Bonchev–Trinajstić information content (AvgIpc) is 3.18. The van der Waals surface area contributed by atoms with E-state index >= 15 is 0 Å². The van der Waals surface area contributed by atoms with E-state index in [9.17, 15) is 8.42 Å². The monoisotopic (exact) mass is 282 g/mol. The van der Waals surface area contributed by atoms with Gasteiger partial charge < -0.3 is 5.73 Å². The zero-order valence-corrected chi connectivity index (χ0v) is 12.1. The van der Waals surface area contributed by atoms with E-state index < -0.39 is 10.0 Å². The standard InChI is InChI=1S/C14H22N2O2S/c1-12(13-5-3-2-4-6-13)9-19(17,18)16-11-14(10-15)7-8-14/h2-6,12,16H,7-11,15H2,1H3. The van der Waals surface area contributed by atoms with Crippen molar-refractivity contribution in [3.63, 3.8) is 0 Å². The van der Waals surface area contributed by atoms with Crippen molar-refractivity contribution in [1.29, 1.82) is 0 Å². The van der Waals surface area contributed by atoms with Gasteiger partial charge in [0.2, 0.25) is 10.0 Å². The molecule has 0 heterocycles. The van der Waals surface area contributed by atoms with Crippen LogP contribution in [0.15, 0.2) is 30.3 Å². The summed E-state index contributed by atoms with van der Waals surface area (Å²) >= 11 is 0. The minimum absolute atomic E-state index is 0.00766. The highest BCUT2D eigenvalue weighted by molar-refractivity contribution is 7.89. The molecule has 1 fully saturated rings. The molecule has 19 heavy (non-hydrogen) atoms. The summed E-state index contributed by atoms with van der Waals surface area (Å²) in [5.74, 6) is 0.115. The van der Waals surface area contributed by atoms with Gasteiger partial charge in [-0.2, -0.15) is 0 Å². The van der Waals surface area contributed by atoms with Crippen LogP contribution in [0, 0.1) is 5.41 Å². The van der Waals surface area contributed by atoms with Crippen molar-refractivity contribution < 1.29 is 8.42 Å². The number of benzene rings is 1. The fourth-order valence-corrected chi connectivity index (χ4v) is 3.65. The normalized spacial score (nSPS) is 19.1. The number of rotatable bonds is 7. The Hall–Kier alpha value is -0.910. The zero-order chi connectivity index (χ0) is 13.9. The molecule has 0 spiro atoms. The summed E-state index contributed by atoms with van der Waals surface area (Å²) in [6.07, 6.45) is 2.06. The van der Waals surface area contributed by atoms with Crippen molar-refractivity contribution >= 4 is 10.0 Å². The van der Waals surface area contributed by atoms with E-state index in [1.165, 1.54) is 0 Å². The van der Waals surface area contributed by atoms with Crippen LogP contribution in [0.1, 0.15) is 31.2 Å². The molecule has 1 atom stereocenters.